The van der Waals surface area contributed by atoms with E-state index in [9.17, 15) is 9.18 Å². The fourth-order valence-electron chi connectivity index (χ4n) is 0.992. The number of ketones is 1. The largest absolute Gasteiger partial charge is 0.492 e. The van der Waals surface area contributed by atoms with Gasteiger partial charge in [0.1, 0.15) is 0 Å². The van der Waals surface area contributed by atoms with Crippen LogP contribution in [0.1, 0.15) is 17.3 Å². The quantitative estimate of drug-likeness (QED) is 0.751. The summed E-state index contributed by atoms with van der Waals surface area (Å²) in [5.41, 5.74) is 0.415. The number of methoxy groups -OCH3 is 1. The van der Waals surface area contributed by atoms with Gasteiger partial charge in [-0.05, 0) is 35.0 Å². The fourth-order valence-corrected chi connectivity index (χ4v) is 1.75. The Labute approximate surface area is 83.8 Å². The van der Waals surface area contributed by atoms with Gasteiger partial charge in [0.2, 0.25) is 0 Å². The van der Waals surface area contributed by atoms with Gasteiger partial charge in [-0.1, -0.05) is 0 Å². The van der Waals surface area contributed by atoms with Crippen molar-refractivity contribution in [1.29, 1.82) is 0 Å². The summed E-state index contributed by atoms with van der Waals surface area (Å²) in [6.07, 6.45) is 0. The highest BCUT2D eigenvalue weighted by Gasteiger charge is 2.13. The molecule has 0 heterocycles. The maximum Gasteiger partial charge on any atom is 0.169 e. The molecule has 1 rings (SSSR count). The van der Waals surface area contributed by atoms with Crippen LogP contribution in [0, 0.1) is 5.82 Å². The SMILES string of the molecule is COc1c(F)ccc(C(C)=O)c1Br. The van der Waals surface area contributed by atoms with Gasteiger partial charge in [-0.3, -0.25) is 4.79 Å². The third-order valence-electron chi connectivity index (χ3n) is 1.63. The molecular weight excluding hydrogens is 239 g/mol. The van der Waals surface area contributed by atoms with Crippen molar-refractivity contribution >= 4 is 21.7 Å². The molecule has 0 spiro atoms. The smallest absolute Gasteiger partial charge is 0.169 e. The number of hydrogen-bond acceptors (Lipinski definition) is 2. The molecule has 70 valence electrons. The zero-order valence-electron chi connectivity index (χ0n) is 7.23. The number of rotatable bonds is 2. The van der Waals surface area contributed by atoms with E-state index in [0.717, 1.165) is 0 Å². The third kappa shape index (κ3) is 1.88. The van der Waals surface area contributed by atoms with E-state index in [1.54, 1.807) is 0 Å². The molecule has 0 bridgehead atoms. The van der Waals surface area contributed by atoms with E-state index in [1.807, 2.05) is 0 Å². The molecular formula is C9H8BrFO2. The Morgan fingerprint density at radius 1 is 1.54 bits per heavy atom. The molecule has 0 unspecified atom stereocenters. The Hall–Kier alpha value is -0.900. The molecule has 0 aromatic heterocycles. The van der Waals surface area contributed by atoms with Gasteiger partial charge in [0.05, 0.1) is 11.6 Å². The van der Waals surface area contributed by atoms with Gasteiger partial charge in [0, 0.05) is 5.56 Å². The first kappa shape index (κ1) is 10.2. The number of ether oxygens (including phenoxy) is 1. The van der Waals surface area contributed by atoms with Crippen LogP contribution in [0.3, 0.4) is 0 Å². The average Bonchev–Trinajstić information content (AvgIpc) is 2.04. The summed E-state index contributed by atoms with van der Waals surface area (Å²) in [6, 6.07) is 2.63. The molecule has 0 atom stereocenters. The first-order valence-corrected chi connectivity index (χ1v) is 4.40. The summed E-state index contributed by atoms with van der Waals surface area (Å²) >= 11 is 3.11. The van der Waals surface area contributed by atoms with Gasteiger partial charge in [-0.25, -0.2) is 4.39 Å². The number of halogens is 2. The van der Waals surface area contributed by atoms with Crippen LogP contribution in [0.2, 0.25) is 0 Å². The number of hydrogen-bond donors (Lipinski definition) is 0. The van der Waals surface area contributed by atoms with Crippen LogP contribution < -0.4 is 4.74 Å². The maximum absolute atomic E-state index is 13.0. The van der Waals surface area contributed by atoms with Gasteiger partial charge in [-0.2, -0.15) is 0 Å². The van der Waals surface area contributed by atoms with Crippen LogP contribution in [0.15, 0.2) is 16.6 Å². The van der Waals surface area contributed by atoms with E-state index in [4.69, 9.17) is 4.74 Å². The second kappa shape index (κ2) is 3.87. The highest BCUT2D eigenvalue weighted by atomic mass is 79.9. The summed E-state index contributed by atoms with van der Waals surface area (Å²) in [6.45, 7) is 1.41. The predicted octanol–water partition coefficient (Wildman–Crippen LogP) is 2.80. The monoisotopic (exact) mass is 246 g/mol. The van der Waals surface area contributed by atoms with Crippen molar-refractivity contribution in [3.8, 4) is 5.75 Å². The van der Waals surface area contributed by atoms with Crippen LogP contribution in [-0.2, 0) is 0 Å². The second-order valence-corrected chi connectivity index (χ2v) is 3.29. The minimum absolute atomic E-state index is 0.0627. The van der Waals surface area contributed by atoms with E-state index >= 15 is 0 Å². The number of carbonyl (C=O) groups excluding carboxylic acids is 1. The van der Waals surface area contributed by atoms with Crippen molar-refractivity contribution in [3.05, 3.63) is 28.0 Å². The van der Waals surface area contributed by atoms with Crippen molar-refractivity contribution in [2.45, 2.75) is 6.92 Å². The molecule has 0 radical (unpaired) electrons. The van der Waals surface area contributed by atoms with Gasteiger partial charge in [0.25, 0.3) is 0 Å². The van der Waals surface area contributed by atoms with Gasteiger partial charge in [-0.15, -0.1) is 0 Å². The van der Waals surface area contributed by atoms with Crippen LogP contribution >= 0.6 is 15.9 Å². The van der Waals surface area contributed by atoms with Crippen molar-refractivity contribution in [2.24, 2.45) is 0 Å². The summed E-state index contributed by atoms with van der Waals surface area (Å²) in [7, 11) is 1.35. The molecule has 0 fully saturated rings. The molecule has 0 saturated carbocycles. The minimum Gasteiger partial charge on any atom is -0.492 e. The number of benzene rings is 1. The van der Waals surface area contributed by atoms with E-state index < -0.39 is 5.82 Å². The van der Waals surface area contributed by atoms with Crippen LogP contribution in [-0.4, -0.2) is 12.9 Å². The third-order valence-corrected chi connectivity index (χ3v) is 2.42. The molecule has 0 aliphatic rings. The van der Waals surface area contributed by atoms with E-state index in [2.05, 4.69) is 15.9 Å². The van der Waals surface area contributed by atoms with Crippen LogP contribution in [0.25, 0.3) is 0 Å². The molecule has 4 heteroatoms. The zero-order valence-corrected chi connectivity index (χ0v) is 8.81. The molecule has 1 aromatic carbocycles. The van der Waals surface area contributed by atoms with Gasteiger partial charge < -0.3 is 4.74 Å². The molecule has 13 heavy (non-hydrogen) atoms. The lowest BCUT2D eigenvalue weighted by molar-refractivity contribution is 0.101. The minimum atomic E-state index is -0.487. The highest BCUT2D eigenvalue weighted by molar-refractivity contribution is 9.10. The first-order chi connectivity index (χ1) is 6.07. The van der Waals surface area contributed by atoms with Crippen molar-refractivity contribution in [3.63, 3.8) is 0 Å². The van der Waals surface area contributed by atoms with Gasteiger partial charge in [0.15, 0.2) is 17.3 Å². The summed E-state index contributed by atoms with van der Waals surface area (Å²) in [5.74, 6) is -0.558. The Balaban J connectivity index is 3.35. The zero-order chi connectivity index (χ0) is 10.0. The predicted molar refractivity (Wildman–Crippen MR) is 50.7 cm³/mol. The van der Waals surface area contributed by atoms with Crippen LogP contribution in [0.5, 0.6) is 5.75 Å². The maximum atomic E-state index is 13.0. The number of Topliss-reactive ketones (excluding diaryl/α,β-unsaturated/α-hetero) is 1. The highest BCUT2D eigenvalue weighted by Crippen LogP contribution is 2.31. The summed E-state index contributed by atoms with van der Waals surface area (Å²) in [5, 5.41) is 0. The lowest BCUT2D eigenvalue weighted by Gasteiger charge is -2.07. The Morgan fingerprint density at radius 2 is 2.15 bits per heavy atom. The average molecular weight is 247 g/mol. The molecule has 0 aliphatic heterocycles. The summed E-state index contributed by atoms with van der Waals surface area (Å²) in [4.78, 5) is 11.0. The normalized spacial score (nSPS) is 9.85. The Kier molecular flexibility index (Phi) is 3.03. The molecule has 1 aromatic rings. The van der Waals surface area contributed by atoms with E-state index in [0.29, 0.717) is 10.0 Å². The molecule has 2 nitrogen and oxygen atoms in total. The lowest BCUT2D eigenvalue weighted by Crippen LogP contribution is -1.98. The summed E-state index contributed by atoms with van der Waals surface area (Å²) < 4.78 is 18.2. The molecule has 0 saturated heterocycles. The fraction of sp³-hybridized carbons (Fsp3) is 0.222. The van der Waals surface area contributed by atoms with Crippen molar-refractivity contribution < 1.29 is 13.9 Å². The molecule has 0 amide bonds. The Bertz CT molecular complexity index is 350. The lowest BCUT2D eigenvalue weighted by atomic mass is 10.1. The van der Waals surface area contributed by atoms with Crippen molar-refractivity contribution in [2.75, 3.05) is 7.11 Å². The van der Waals surface area contributed by atoms with Crippen molar-refractivity contribution in [1.82, 2.24) is 0 Å². The topological polar surface area (TPSA) is 26.3 Å². The van der Waals surface area contributed by atoms with Crippen LogP contribution in [0.4, 0.5) is 4.39 Å². The molecule has 0 N–H and O–H groups in total. The van der Waals surface area contributed by atoms with E-state index in [-0.39, 0.29) is 11.5 Å². The number of carbonyl (C=O) groups is 1. The van der Waals surface area contributed by atoms with E-state index in [1.165, 1.54) is 26.2 Å². The standard InChI is InChI=1S/C9H8BrFO2/c1-5(12)6-3-4-7(11)9(13-2)8(6)10/h3-4H,1-2H3. The second-order valence-electron chi connectivity index (χ2n) is 2.50. The van der Waals surface area contributed by atoms with Gasteiger partial charge >= 0.3 is 0 Å². The Morgan fingerprint density at radius 3 is 2.62 bits per heavy atom. The molecule has 0 aliphatic carbocycles. The first-order valence-electron chi connectivity index (χ1n) is 3.61.